The molecule has 8 nitrogen and oxygen atoms in total. The lowest BCUT2D eigenvalue weighted by Gasteiger charge is -2.27. The van der Waals surface area contributed by atoms with E-state index in [-0.39, 0.29) is 29.9 Å². The minimum atomic E-state index is -1.28. The molecule has 2 fully saturated rings. The van der Waals surface area contributed by atoms with Crippen molar-refractivity contribution in [1.29, 1.82) is 0 Å². The topological polar surface area (TPSA) is 125 Å². The number of Topliss-reactive ketones (excluding diaryl/α,β-unsaturated/α-hetero) is 1. The second-order valence-corrected chi connectivity index (χ2v) is 6.98. The third-order valence-corrected chi connectivity index (χ3v) is 4.90. The maximum absolute atomic E-state index is 12.5. The summed E-state index contributed by atoms with van der Waals surface area (Å²) < 4.78 is 0. The molecule has 4 N–H and O–H groups in total. The zero-order valence-electron chi connectivity index (χ0n) is 13.9. The number of rotatable bonds is 9. The van der Waals surface area contributed by atoms with Gasteiger partial charge in [0.25, 0.3) is 0 Å². The Bertz CT molecular complexity index is 538. The van der Waals surface area contributed by atoms with Gasteiger partial charge in [-0.25, -0.2) is 4.79 Å². The molecular formula is C16H24ClN3O5. The highest BCUT2D eigenvalue weighted by Crippen LogP contribution is 2.33. The third kappa shape index (κ3) is 6.19. The van der Waals surface area contributed by atoms with Crippen molar-refractivity contribution < 1.29 is 24.3 Å². The monoisotopic (exact) mass is 373 g/mol. The minimum absolute atomic E-state index is 0.133. The van der Waals surface area contributed by atoms with Gasteiger partial charge in [0, 0.05) is 12.5 Å². The summed E-state index contributed by atoms with van der Waals surface area (Å²) in [4.78, 5) is 47.4. The molecule has 1 aliphatic heterocycles. The first kappa shape index (κ1) is 19.5. The lowest BCUT2D eigenvalue weighted by molar-refractivity contribution is -0.131. The van der Waals surface area contributed by atoms with Crippen molar-refractivity contribution in [2.75, 3.05) is 12.4 Å². The van der Waals surface area contributed by atoms with Gasteiger partial charge >= 0.3 is 6.09 Å². The molecule has 0 aromatic heterocycles. The molecule has 0 radical (unpaired) electrons. The van der Waals surface area contributed by atoms with Crippen LogP contribution < -0.4 is 16.0 Å². The predicted molar refractivity (Wildman–Crippen MR) is 90.3 cm³/mol. The van der Waals surface area contributed by atoms with Gasteiger partial charge in [0.2, 0.25) is 11.8 Å². The van der Waals surface area contributed by atoms with Gasteiger partial charge in [-0.15, -0.1) is 11.6 Å². The fraction of sp³-hybridized carbons (Fsp3) is 0.750. The van der Waals surface area contributed by atoms with Gasteiger partial charge in [0.05, 0.1) is 11.9 Å². The molecule has 3 amide bonds. The molecule has 3 atom stereocenters. The summed E-state index contributed by atoms with van der Waals surface area (Å²) in [6.07, 6.45) is 2.70. The minimum Gasteiger partial charge on any atom is -0.465 e. The summed E-state index contributed by atoms with van der Waals surface area (Å²) in [7, 11) is 0. The maximum Gasteiger partial charge on any atom is 0.405 e. The lowest BCUT2D eigenvalue weighted by atomic mass is 9.90. The Morgan fingerprint density at radius 3 is 2.44 bits per heavy atom. The summed E-state index contributed by atoms with van der Waals surface area (Å²) in [6, 6.07) is -1.80. The number of carboxylic acid groups (broad SMARTS) is 1. The standard InChI is InChI=1S/C16H24ClN3O5/c17-8-13(21)11(7-10-2-1-5-18-14(10)22)19-15(23)12(20-16(24)25)6-9-3-4-9/h9-12,20H,1-8H2,(H,18,22)(H,19,23)(H,24,25)/t10-,11-,12-/m0/s1. The van der Waals surface area contributed by atoms with Gasteiger partial charge in [-0.2, -0.15) is 0 Å². The molecule has 9 heteroatoms. The van der Waals surface area contributed by atoms with Crippen LogP contribution in [0.5, 0.6) is 0 Å². The molecule has 1 heterocycles. The third-order valence-electron chi connectivity index (χ3n) is 4.64. The first-order chi connectivity index (χ1) is 11.9. The van der Waals surface area contributed by atoms with Gasteiger partial charge in [-0.05, 0) is 31.6 Å². The highest BCUT2D eigenvalue weighted by molar-refractivity contribution is 6.28. The molecule has 0 aromatic rings. The molecule has 140 valence electrons. The fourth-order valence-corrected chi connectivity index (χ4v) is 3.23. The molecule has 1 aliphatic carbocycles. The number of alkyl halides is 1. The van der Waals surface area contributed by atoms with Crippen LogP contribution in [0.4, 0.5) is 4.79 Å². The van der Waals surface area contributed by atoms with Crippen molar-refractivity contribution in [2.45, 2.75) is 50.6 Å². The number of halogens is 1. The van der Waals surface area contributed by atoms with Crippen LogP contribution in [0, 0.1) is 11.8 Å². The number of hydrogen-bond donors (Lipinski definition) is 4. The molecule has 1 saturated carbocycles. The van der Waals surface area contributed by atoms with Crippen molar-refractivity contribution in [3.05, 3.63) is 0 Å². The second-order valence-electron chi connectivity index (χ2n) is 6.71. The van der Waals surface area contributed by atoms with Crippen LogP contribution in [0.2, 0.25) is 0 Å². The smallest absolute Gasteiger partial charge is 0.405 e. The Morgan fingerprint density at radius 2 is 1.88 bits per heavy atom. The Kier molecular flexibility index (Phi) is 7.04. The van der Waals surface area contributed by atoms with E-state index in [2.05, 4.69) is 16.0 Å². The quantitative estimate of drug-likeness (QED) is 0.441. The second kappa shape index (κ2) is 9.03. The van der Waals surface area contributed by atoms with Gasteiger partial charge in [0.15, 0.2) is 5.78 Å². The molecule has 0 aromatic carbocycles. The van der Waals surface area contributed by atoms with Crippen molar-refractivity contribution in [2.24, 2.45) is 11.8 Å². The van der Waals surface area contributed by atoms with Crippen LogP contribution in [-0.4, -0.2) is 53.3 Å². The molecule has 1 saturated heterocycles. The fourth-order valence-electron chi connectivity index (χ4n) is 3.05. The largest absolute Gasteiger partial charge is 0.465 e. The predicted octanol–water partition coefficient (Wildman–Crippen LogP) is 0.632. The molecule has 0 unspecified atom stereocenters. The summed E-state index contributed by atoms with van der Waals surface area (Å²) in [5, 5.41) is 16.5. The Labute approximate surface area is 151 Å². The van der Waals surface area contributed by atoms with E-state index >= 15 is 0 Å². The Balaban J connectivity index is 2.00. The van der Waals surface area contributed by atoms with Crippen molar-refractivity contribution in [3.63, 3.8) is 0 Å². The van der Waals surface area contributed by atoms with Crippen LogP contribution in [0.25, 0.3) is 0 Å². The Morgan fingerprint density at radius 1 is 1.16 bits per heavy atom. The number of amides is 3. The van der Waals surface area contributed by atoms with E-state index in [0.717, 1.165) is 19.3 Å². The summed E-state index contributed by atoms with van der Waals surface area (Å²) in [6.45, 7) is 0.613. The van der Waals surface area contributed by atoms with E-state index in [1.54, 1.807) is 0 Å². The first-order valence-corrected chi connectivity index (χ1v) is 9.10. The number of piperidine rings is 1. The zero-order chi connectivity index (χ0) is 18.4. The van der Waals surface area contributed by atoms with Crippen molar-refractivity contribution >= 4 is 35.3 Å². The highest BCUT2D eigenvalue weighted by Gasteiger charge is 2.34. The number of carbonyl (C=O) groups excluding carboxylic acids is 3. The molecule has 2 aliphatic rings. The molecule has 2 rings (SSSR count). The number of carbonyl (C=O) groups is 4. The van der Waals surface area contributed by atoms with Crippen LogP contribution in [-0.2, 0) is 14.4 Å². The number of ketones is 1. The Hall–Kier alpha value is -1.83. The van der Waals surface area contributed by atoms with Gasteiger partial charge < -0.3 is 21.1 Å². The summed E-state index contributed by atoms with van der Waals surface area (Å²) in [5.41, 5.74) is 0. The molecule has 0 bridgehead atoms. The average molecular weight is 374 g/mol. The van der Waals surface area contributed by atoms with Crippen LogP contribution >= 0.6 is 11.6 Å². The molecule has 0 spiro atoms. The number of hydrogen-bond acceptors (Lipinski definition) is 4. The lowest BCUT2D eigenvalue weighted by Crippen LogP contribution is -2.53. The van der Waals surface area contributed by atoms with E-state index in [9.17, 15) is 19.2 Å². The van der Waals surface area contributed by atoms with E-state index in [1.165, 1.54) is 0 Å². The van der Waals surface area contributed by atoms with E-state index in [0.29, 0.717) is 25.3 Å². The summed E-state index contributed by atoms with van der Waals surface area (Å²) >= 11 is 5.63. The first-order valence-electron chi connectivity index (χ1n) is 8.57. The van der Waals surface area contributed by atoms with Gasteiger partial charge in [-0.3, -0.25) is 14.4 Å². The molecular weight excluding hydrogens is 350 g/mol. The summed E-state index contributed by atoms with van der Waals surface area (Å²) in [5.74, 6) is -1.37. The maximum atomic E-state index is 12.5. The highest BCUT2D eigenvalue weighted by atomic mass is 35.5. The van der Waals surface area contributed by atoms with Crippen molar-refractivity contribution in [1.82, 2.24) is 16.0 Å². The normalized spacial score (nSPS) is 22.4. The average Bonchev–Trinajstić information content (AvgIpc) is 3.38. The van der Waals surface area contributed by atoms with E-state index < -0.39 is 24.1 Å². The van der Waals surface area contributed by atoms with Crippen molar-refractivity contribution in [3.8, 4) is 0 Å². The van der Waals surface area contributed by atoms with Crippen LogP contribution in [0.15, 0.2) is 0 Å². The van der Waals surface area contributed by atoms with Crippen LogP contribution in [0.3, 0.4) is 0 Å². The van der Waals surface area contributed by atoms with E-state index in [4.69, 9.17) is 16.7 Å². The number of nitrogens with one attached hydrogen (secondary N) is 3. The SMILES string of the molecule is O=C(O)N[C@@H](CC1CC1)C(=O)N[C@@H](C[C@@H]1CCCNC1=O)C(=O)CCl. The van der Waals surface area contributed by atoms with Gasteiger partial charge in [0.1, 0.15) is 6.04 Å². The van der Waals surface area contributed by atoms with Crippen LogP contribution in [0.1, 0.15) is 38.5 Å². The zero-order valence-corrected chi connectivity index (χ0v) is 14.7. The van der Waals surface area contributed by atoms with Gasteiger partial charge in [-0.1, -0.05) is 12.8 Å². The van der Waals surface area contributed by atoms with E-state index in [1.807, 2.05) is 0 Å². The molecule has 25 heavy (non-hydrogen) atoms.